The number of nitrogens with zero attached hydrogens (tertiary/aromatic N) is 2. The lowest BCUT2D eigenvalue weighted by Gasteiger charge is -2.06. The lowest BCUT2D eigenvalue weighted by molar-refractivity contribution is -0.119. The number of imidazole rings is 1. The molecule has 1 unspecified atom stereocenters. The molecule has 1 heterocycles. The zero-order valence-corrected chi connectivity index (χ0v) is 6.90. The largest absolute Gasteiger partial charge is 0.368 e. The monoisotopic (exact) mass is 168 g/mol. The van der Waals surface area contributed by atoms with Crippen molar-refractivity contribution in [2.24, 2.45) is 18.5 Å². The number of carbonyl (C=O) groups excluding carboxylic acids is 1. The summed E-state index contributed by atoms with van der Waals surface area (Å²) in [6.07, 6.45) is 3.84. The summed E-state index contributed by atoms with van der Waals surface area (Å²) in [6, 6.07) is -0.647. The number of amides is 1. The van der Waals surface area contributed by atoms with E-state index in [1.807, 2.05) is 11.6 Å². The van der Waals surface area contributed by atoms with Crippen molar-refractivity contribution in [3.63, 3.8) is 0 Å². The molecule has 4 N–H and O–H groups in total. The Bertz CT molecular complexity index is 281. The molecule has 0 radical (unpaired) electrons. The first-order valence-electron chi connectivity index (χ1n) is 3.62. The molecule has 0 aromatic carbocycles. The minimum absolute atomic E-state index is 0.388. The van der Waals surface area contributed by atoms with Crippen LogP contribution in [0.1, 0.15) is 5.82 Å². The van der Waals surface area contributed by atoms with Gasteiger partial charge in [0, 0.05) is 25.9 Å². The summed E-state index contributed by atoms with van der Waals surface area (Å²) in [7, 11) is 1.84. The Hall–Kier alpha value is -1.36. The van der Waals surface area contributed by atoms with E-state index in [9.17, 15) is 4.79 Å². The standard InChI is InChI=1S/C7H12N4O/c1-11-3-2-10-6(11)4-5(8)7(9)12/h2-3,5H,4,8H2,1H3,(H2,9,12). The minimum Gasteiger partial charge on any atom is -0.368 e. The molecule has 5 nitrogen and oxygen atoms in total. The number of carbonyl (C=O) groups is 1. The lowest BCUT2D eigenvalue weighted by Crippen LogP contribution is -2.38. The zero-order valence-electron chi connectivity index (χ0n) is 6.90. The second-order valence-corrected chi connectivity index (χ2v) is 2.67. The van der Waals surface area contributed by atoms with Crippen LogP contribution in [0.5, 0.6) is 0 Å². The Morgan fingerprint density at radius 1 is 1.83 bits per heavy atom. The molecule has 1 rings (SSSR count). The molecule has 1 amide bonds. The van der Waals surface area contributed by atoms with Gasteiger partial charge in [0.1, 0.15) is 5.82 Å². The molecule has 0 saturated heterocycles. The lowest BCUT2D eigenvalue weighted by atomic mass is 10.2. The smallest absolute Gasteiger partial charge is 0.234 e. The van der Waals surface area contributed by atoms with Gasteiger partial charge in [0.25, 0.3) is 0 Å². The third-order valence-electron chi connectivity index (χ3n) is 1.69. The zero-order chi connectivity index (χ0) is 9.14. The maximum Gasteiger partial charge on any atom is 0.234 e. The van der Waals surface area contributed by atoms with E-state index in [0.717, 1.165) is 5.82 Å². The van der Waals surface area contributed by atoms with Crippen molar-refractivity contribution < 1.29 is 4.79 Å². The van der Waals surface area contributed by atoms with Crippen LogP contribution in [0.25, 0.3) is 0 Å². The van der Waals surface area contributed by atoms with Crippen LogP contribution in [0.3, 0.4) is 0 Å². The predicted octanol–water partition coefficient (Wildman–Crippen LogP) is -1.22. The van der Waals surface area contributed by atoms with E-state index >= 15 is 0 Å². The van der Waals surface area contributed by atoms with Crippen molar-refractivity contribution in [1.82, 2.24) is 9.55 Å². The molecule has 1 aromatic rings. The highest BCUT2D eigenvalue weighted by atomic mass is 16.1. The normalized spacial score (nSPS) is 12.8. The summed E-state index contributed by atoms with van der Waals surface area (Å²) >= 11 is 0. The fraction of sp³-hybridized carbons (Fsp3) is 0.429. The van der Waals surface area contributed by atoms with E-state index < -0.39 is 11.9 Å². The number of hydrogen-bond donors (Lipinski definition) is 2. The van der Waals surface area contributed by atoms with E-state index in [2.05, 4.69) is 4.98 Å². The average Bonchev–Trinajstić information content (AvgIpc) is 2.36. The van der Waals surface area contributed by atoms with Crippen molar-refractivity contribution >= 4 is 5.91 Å². The SMILES string of the molecule is Cn1ccnc1CC(N)C(N)=O. The highest BCUT2D eigenvalue weighted by Gasteiger charge is 2.12. The van der Waals surface area contributed by atoms with Gasteiger partial charge < -0.3 is 16.0 Å². The fourth-order valence-corrected chi connectivity index (χ4v) is 0.890. The summed E-state index contributed by atoms with van der Waals surface area (Å²) in [5.41, 5.74) is 10.5. The molecule has 1 aromatic heterocycles. The second-order valence-electron chi connectivity index (χ2n) is 2.67. The van der Waals surface area contributed by atoms with Gasteiger partial charge in [0.05, 0.1) is 6.04 Å². The van der Waals surface area contributed by atoms with E-state index in [1.54, 1.807) is 12.4 Å². The van der Waals surface area contributed by atoms with Crippen LogP contribution in [-0.4, -0.2) is 21.5 Å². The molecule has 0 bridgehead atoms. The number of hydrogen-bond acceptors (Lipinski definition) is 3. The average molecular weight is 168 g/mol. The van der Waals surface area contributed by atoms with Gasteiger partial charge in [0.15, 0.2) is 0 Å². The second kappa shape index (κ2) is 3.36. The summed E-state index contributed by atoms with van der Waals surface area (Å²) < 4.78 is 1.81. The van der Waals surface area contributed by atoms with Crippen LogP contribution in [0, 0.1) is 0 Å². The molecule has 5 heteroatoms. The molecule has 0 aliphatic heterocycles. The van der Waals surface area contributed by atoms with Gasteiger partial charge in [-0.2, -0.15) is 0 Å². The fourth-order valence-electron chi connectivity index (χ4n) is 0.890. The quantitative estimate of drug-likeness (QED) is 0.592. The molecule has 0 aliphatic rings. The highest BCUT2D eigenvalue weighted by molar-refractivity contribution is 5.79. The molecule has 66 valence electrons. The third kappa shape index (κ3) is 1.82. The number of nitrogens with two attached hydrogens (primary N) is 2. The van der Waals surface area contributed by atoms with Crippen molar-refractivity contribution in [3.8, 4) is 0 Å². The molecule has 0 spiro atoms. The van der Waals surface area contributed by atoms with Crippen molar-refractivity contribution in [2.75, 3.05) is 0 Å². The van der Waals surface area contributed by atoms with E-state index in [4.69, 9.17) is 11.5 Å². The van der Waals surface area contributed by atoms with E-state index in [0.29, 0.717) is 6.42 Å². The van der Waals surface area contributed by atoms with Gasteiger partial charge in [-0.05, 0) is 0 Å². The summed E-state index contributed by atoms with van der Waals surface area (Å²) in [5, 5.41) is 0. The van der Waals surface area contributed by atoms with E-state index in [-0.39, 0.29) is 0 Å². The number of rotatable bonds is 3. The molecule has 0 aliphatic carbocycles. The highest BCUT2D eigenvalue weighted by Crippen LogP contribution is 1.97. The van der Waals surface area contributed by atoms with Gasteiger partial charge in [-0.1, -0.05) is 0 Å². The van der Waals surface area contributed by atoms with Crippen LogP contribution in [0.2, 0.25) is 0 Å². The number of primary amides is 1. The van der Waals surface area contributed by atoms with Crippen LogP contribution < -0.4 is 11.5 Å². The van der Waals surface area contributed by atoms with Gasteiger partial charge in [-0.15, -0.1) is 0 Å². The van der Waals surface area contributed by atoms with Gasteiger partial charge >= 0.3 is 0 Å². The molecule has 1 atom stereocenters. The Morgan fingerprint density at radius 2 is 2.50 bits per heavy atom. The van der Waals surface area contributed by atoms with E-state index in [1.165, 1.54) is 0 Å². The van der Waals surface area contributed by atoms with Crippen LogP contribution in [0.4, 0.5) is 0 Å². The van der Waals surface area contributed by atoms with Crippen LogP contribution in [-0.2, 0) is 18.3 Å². The Balaban J connectivity index is 2.64. The topological polar surface area (TPSA) is 86.9 Å². The predicted molar refractivity (Wildman–Crippen MR) is 44.1 cm³/mol. The van der Waals surface area contributed by atoms with Crippen molar-refractivity contribution in [3.05, 3.63) is 18.2 Å². The van der Waals surface area contributed by atoms with Crippen LogP contribution >= 0.6 is 0 Å². The first-order valence-corrected chi connectivity index (χ1v) is 3.62. The first-order chi connectivity index (χ1) is 5.61. The van der Waals surface area contributed by atoms with Crippen molar-refractivity contribution in [2.45, 2.75) is 12.5 Å². The molecule has 0 saturated carbocycles. The first kappa shape index (κ1) is 8.73. The van der Waals surface area contributed by atoms with Gasteiger partial charge in [-0.3, -0.25) is 4.79 Å². The van der Waals surface area contributed by atoms with Crippen molar-refractivity contribution in [1.29, 1.82) is 0 Å². The van der Waals surface area contributed by atoms with Gasteiger partial charge in [-0.25, -0.2) is 4.98 Å². The number of aromatic nitrogens is 2. The van der Waals surface area contributed by atoms with Gasteiger partial charge in [0.2, 0.25) is 5.91 Å². The summed E-state index contributed by atoms with van der Waals surface area (Å²) in [6.45, 7) is 0. The molecule has 12 heavy (non-hydrogen) atoms. The summed E-state index contributed by atoms with van der Waals surface area (Å²) in [5.74, 6) is 0.263. The minimum atomic E-state index is -0.647. The third-order valence-corrected chi connectivity index (χ3v) is 1.69. The summed E-state index contributed by atoms with van der Waals surface area (Å²) in [4.78, 5) is 14.6. The molecular formula is C7H12N4O. The Morgan fingerprint density at radius 3 is 2.92 bits per heavy atom. The Labute approximate surface area is 70.4 Å². The van der Waals surface area contributed by atoms with Crippen LogP contribution in [0.15, 0.2) is 12.4 Å². The maximum absolute atomic E-state index is 10.6. The maximum atomic E-state index is 10.6. The Kier molecular flexibility index (Phi) is 2.44. The molecular weight excluding hydrogens is 156 g/mol. The number of aryl methyl sites for hydroxylation is 1. The molecule has 0 fully saturated rings.